The van der Waals surface area contributed by atoms with Crippen molar-refractivity contribution in [2.75, 3.05) is 7.11 Å². The van der Waals surface area contributed by atoms with E-state index in [-0.39, 0.29) is 4.83 Å². The Balaban J connectivity index is 3.72. The first-order valence-corrected chi connectivity index (χ1v) is 3.80. The molecule has 0 saturated heterocycles. The monoisotopic (exact) mass is 214 g/mol. The lowest BCUT2D eigenvalue weighted by molar-refractivity contribution is -0.140. The smallest absolute Gasteiger partial charge is 0.324 e. The second-order valence-corrected chi connectivity index (χ2v) is 3.52. The van der Waals surface area contributed by atoms with Crippen molar-refractivity contribution in [2.45, 2.75) is 17.1 Å². The van der Waals surface area contributed by atoms with Crippen LogP contribution in [0, 0.1) is 0 Å². The minimum atomic E-state index is -0.588. The van der Waals surface area contributed by atoms with Gasteiger partial charge in [0.2, 0.25) is 0 Å². The highest BCUT2D eigenvalue weighted by atomic mass is 79.9. The van der Waals surface area contributed by atoms with Gasteiger partial charge in [-0.25, -0.2) is 0 Å². The maximum Gasteiger partial charge on any atom is 0.324 e. The summed E-state index contributed by atoms with van der Waals surface area (Å²) in [6.07, 6.45) is 0. The van der Waals surface area contributed by atoms with E-state index in [9.17, 15) is 4.79 Å². The molecule has 0 rings (SSSR count). The van der Waals surface area contributed by atoms with Crippen molar-refractivity contribution >= 4 is 33.5 Å². The van der Waals surface area contributed by atoms with Crippen LogP contribution < -0.4 is 0 Å². The van der Waals surface area contributed by atoms with Crippen LogP contribution in [-0.2, 0) is 9.53 Å². The quantitative estimate of drug-likeness (QED) is 0.516. The van der Waals surface area contributed by atoms with Gasteiger partial charge >= 0.3 is 5.97 Å². The predicted molar refractivity (Wildman–Crippen MR) is 40.0 cm³/mol. The Bertz CT molecular complexity index is 105. The van der Waals surface area contributed by atoms with Crippen molar-refractivity contribution in [1.82, 2.24) is 0 Å². The highest BCUT2D eigenvalue weighted by Gasteiger charge is 2.20. The summed E-state index contributed by atoms with van der Waals surface area (Å²) in [6, 6.07) is 0. The van der Waals surface area contributed by atoms with E-state index in [2.05, 4.69) is 20.7 Å². The molecule has 0 aromatic carbocycles. The lowest BCUT2D eigenvalue weighted by Crippen LogP contribution is -2.23. The van der Waals surface area contributed by atoms with Crippen LogP contribution in [0.3, 0.4) is 0 Å². The standard InChI is InChI=1S/C5H8BrClO2/c1-3(6)4(7)5(8)9-2/h3-4H,1-2H3/t3-,4+/m1/s1. The highest BCUT2D eigenvalue weighted by molar-refractivity contribution is 9.09. The number of hydrogen-bond donors (Lipinski definition) is 0. The summed E-state index contributed by atoms with van der Waals surface area (Å²) in [5.41, 5.74) is 0. The van der Waals surface area contributed by atoms with Crippen LogP contribution in [0.15, 0.2) is 0 Å². The minimum Gasteiger partial charge on any atom is -0.468 e. The van der Waals surface area contributed by atoms with Crippen LogP contribution in [0.2, 0.25) is 0 Å². The third-order valence-corrected chi connectivity index (χ3v) is 2.22. The van der Waals surface area contributed by atoms with Crippen molar-refractivity contribution in [3.05, 3.63) is 0 Å². The number of rotatable bonds is 2. The van der Waals surface area contributed by atoms with E-state index in [0.29, 0.717) is 0 Å². The predicted octanol–water partition coefficient (Wildman–Crippen LogP) is 1.55. The molecular weight excluding hydrogens is 207 g/mol. The Morgan fingerprint density at radius 1 is 1.78 bits per heavy atom. The Morgan fingerprint density at radius 2 is 2.22 bits per heavy atom. The summed E-state index contributed by atoms with van der Waals surface area (Å²) in [5, 5.41) is -0.588. The lowest BCUT2D eigenvalue weighted by atomic mass is 10.3. The van der Waals surface area contributed by atoms with Gasteiger partial charge in [0, 0.05) is 4.83 Å². The van der Waals surface area contributed by atoms with Gasteiger partial charge in [0.25, 0.3) is 0 Å². The van der Waals surface area contributed by atoms with E-state index in [1.165, 1.54) is 7.11 Å². The Morgan fingerprint density at radius 3 is 2.33 bits per heavy atom. The molecule has 2 atom stereocenters. The van der Waals surface area contributed by atoms with Gasteiger partial charge in [-0.3, -0.25) is 4.79 Å². The molecule has 0 amide bonds. The van der Waals surface area contributed by atoms with Gasteiger partial charge < -0.3 is 4.74 Å². The van der Waals surface area contributed by atoms with E-state index in [1.54, 1.807) is 6.92 Å². The molecule has 0 aliphatic rings. The topological polar surface area (TPSA) is 26.3 Å². The number of carbonyl (C=O) groups is 1. The zero-order valence-corrected chi connectivity index (χ0v) is 7.57. The zero-order chi connectivity index (χ0) is 7.44. The number of halogens is 2. The molecule has 0 aliphatic heterocycles. The molecule has 0 radical (unpaired) electrons. The number of hydrogen-bond acceptors (Lipinski definition) is 2. The molecule has 0 heterocycles. The Kier molecular flexibility index (Phi) is 4.23. The van der Waals surface area contributed by atoms with Crippen molar-refractivity contribution in [3.63, 3.8) is 0 Å². The number of methoxy groups -OCH3 is 1. The molecule has 0 spiro atoms. The molecule has 0 saturated carbocycles. The van der Waals surface area contributed by atoms with Crippen LogP contribution in [0.5, 0.6) is 0 Å². The molecule has 0 bridgehead atoms. The molecule has 9 heavy (non-hydrogen) atoms. The first-order chi connectivity index (χ1) is 4.09. The van der Waals surface area contributed by atoms with Gasteiger partial charge in [0.1, 0.15) is 5.38 Å². The average molecular weight is 215 g/mol. The molecule has 0 fully saturated rings. The van der Waals surface area contributed by atoms with Crippen LogP contribution in [0.4, 0.5) is 0 Å². The molecule has 0 aromatic rings. The van der Waals surface area contributed by atoms with Gasteiger partial charge in [-0.05, 0) is 0 Å². The number of carbonyl (C=O) groups excluding carboxylic acids is 1. The van der Waals surface area contributed by atoms with Crippen molar-refractivity contribution in [1.29, 1.82) is 0 Å². The van der Waals surface area contributed by atoms with Gasteiger partial charge in [0.05, 0.1) is 7.11 Å². The van der Waals surface area contributed by atoms with Gasteiger partial charge in [-0.2, -0.15) is 0 Å². The second-order valence-electron chi connectivity index (χ2n) is 1.60. The Hall–Kier alpha value is 0.240. The molecule has 0 aliphatic carbocycles. The summed E-state index contributed by atoms with van der Waals surface area (Å²) in [6.45, 7) is 1.79. The molecule has 0 N–H and O–H groups in total. The number of esters is 1. The van der Waals surface area contributed by atoms with Crippen molar-refractivity contribution in [3.8, 4) is 0 Å². The normalized spacial score (nSPS) is 16.4. The van der Waals surface area contributed by atoms with Crippen LogP contribution in [0.25, 0.3) is 0 Å². The average Bonchev–Trinajstić information content (AvgIpc) is 1.84. The fourth-order valence-electron chi connectivity index (χ4n) is 0.300. The molecular formula is C5H8BrClO2. The van der Waals surface area contributed by atoms with Crippen LogP contribution >= 0.6 is 27.5 Å². The first kappa shape index (κ1) is 9.24. The van der Waals surface area contributed by atoms with Crippen molar-refractivity contribution in [2.24, 2.45) is 0 Å². The SMILES string of the molecule is COC(=O)[C@@H](Cl)[C@@H](C)Br. The Labute approximate surface area is 67.6 Å². The van der Waals surface area contributed by atoms with Gasteiger partial charge in [-0.1, -0.05) is 22.9 Å². The summed E-state index contributed by atoms with van der Waals surface area (Å²) < 4.78 is 4.37. The third kappa shape index (κ3) is 3.06. The van der Waals surface area contributed by atoms with E-state index in [0.717, 1.165) is 0 Å². The summed E-state index contributed by atoms with van der Waals surface area (Å²) in [7, 11) is 1.31. The fourth-order valence-corrected chi connectivity index (χ4v) is 0.605. The third-order valence-electron chi connectivity index (χ3n) is 0.830. The number of ether oxygens (including phenoxy) is 1. The van der Waals surface area contributed by atoms with Crippen LogP contribution in [0.1, 0.15) is 6.92 Å². The van der Waals surface area contributed by atoms with E-state index < -0.39 is 11.3 Å². The van der Waals surface area contributed by atoms with Gasteiger partial charge in [-0.15, -0.1) is 11.6 Å². The summed E-state index contributed by atoms with van der Waals surface area (Å²) >= 11 is 8.69. The maximum atomic E-state index is 10.6. The maximum absolute atomic E-state index is 10.6. The minimum absolute atomic E-state index is 0.0494. The molecule has 2 nitrogen and oxygen atoms in total. The molecule has 4 heteroatoms. The molecule has 0 aromatic heterocycles. The van der Waals surface area contributed by atoms with E-state index in [4.69, 9.17) is 11.6 Å². The largest absolute Gasteiger partial charge is 0.468 e. The highest BCUT2D eigenvalue weighted by Crippen LogP contribution is 2.11. The zero-order valence-electron chi connectivity index (χ0n) is 5.23. The van der Waals surface area contributed by atoms with E-state index in [1.807, 2.05) is 0 Å². The first-order valence-electron chi connectivity index (χ1n) is 2.45. The molecule has 0 unspecified atom stereocenters. The lowest BCUT2D eigenvalue weighted by Gasteiger charge is -2.07. The second kappa shape index (κ2) is 4.12. The molecule has 54 valence electrons. The summed E-state index contributed by atoms with van der Waals surface area (Å²) in [4.78, 5) is 10.5. The number of alkyl halides is 2. The van der Waals surface area contributed by atoms with Crippen molar-refractivity contribution < 1.29 is 9.53 Å². The van der Waals surface area contributed by atoms with Gasteiger partial charge in [0.15, 0.2) is 0 Å². The summed E-state index contributed by atoms with van der Waals surface area (Å²) in [5.74, 6) is -0.402. The fraction of sp³-hybridized carbons (Fsp3) is 0.800. The van der Waals surface area contributed by atoms with Crippen LogP contribution in [-0.4, -0.2) is 23.3 Å². The van der Waals surface area contributed by atoms with E-state index >= 15 is 0 Å².